The van der Waals surface area contributed by atoms with Gasteiger partial charge in [-0.2, -0.15) is 4.21 Å². The molecule has 0 saturated carbocycles. The average molecular weight is 192 g/mol. The van der Waals surface area contributed by atoms with Crippen molar-refractivity contribution in [3.63, 3.8) is 0 Å². The van der Waals surface area contributed by atoms with E-state index in [-0.39, 0.29) is 5.69 Å². The zero-order valence-corrected chi connectivity index (χ0v) is 6.72. The second kappa shape index (κ2) is 3.06. The molecule has 0 atom stereocenters. The van der Waals surface area contributed by atoms with Gasteiger partial charge in [0.05, 0.1) is 5.69 Å². The molecular weight excluding hydrogens is 186 g/mol. The minimum Gasteiger partial charge on any atom is -0.399 e. The highest BCUT2D eigenvalue weighted by molar-refractivity contribution is 7.83. The number of halogens is 2. The van der Waals surface area contributed by atoms with E-state index >= 15 is 0 Å². The van der Waals surface area contributed by atoms with Crippen molar-refractivity contribution < 1.29 is 12.0 Å². The SMILES string of the molecule is Nc1cccc(N=S(=O)(F)F)c1. The molecule has 0 aromatic heterocycles. The van der Waals surface area contributed by atoms with E-state index in [9.17, 15) is 12.0 Å². The van der Waals surface area contributed by atoms with Gasteiger partial charge < -0.3 is 5.73 Å². The summed E-state index contributed by atoms with van der Waals surface area (Å²) in [6.07, 6.45) is 0. The van der Waals surface area contributed by atoms with Crippen LogP contribution in [0.15, 0.2) is 28.6 Å². The number of hydrogen-bond acceptors (Lipinski definition) is 3. The Morgan fingerprint density at radius 2 is 2.08 bits per heavy atom. The van der Waals surface area contributed by atoms with Gasteiger partial charge in [0.15, 0.2) is 0 Å². The van der Waals surface area contributed by atoms with Crippen molar-refractivity contribution >= 4 is 21.9 Å². The Hall–Kier alpha value is -1.17. The van der Waals surface area contributed by atoms with E-state index in [2.05, 4.69) is 4.36 Å². The lowest BCUT2D eigenvalue weighted by molar-refractivity contribution is 0.588. The van der Waals surface area contributed by atoms with Crippen LogP contribution >= 0.6 is 0 Å². The molecule has 0 fully saturated rings. The minimum atomic E-state index is -5.07. The lowest BCUT2D eigenvalue weighted by Gasteiger charge is -1.93. The first-order chi connectivity index (χ1) is 5.47. The van der Waals surface area contributed by atoms with Crippen molar-refractivity contribution in [2.24, 2.45) is 4.36 Å². The first-order valence-electron chi connectivity index (χ1n) is 2.99. The Bertz CT molecular complexity index is 390. The minimum absolute atomic E-state index is 0.0787. The summed E-state index contributed by atoms with van der Waals surface area (Å²) in [5.74, 6) is 0. The fourth-order valence-corrected chi connectivity index (χ4v) is 1.06. The Balaban J connectivity index is 3.15. The van der Waals surface area contributed by atoms with Gasteiger partial charge in [-0.05, 0) is 18.2 Å². The zero-order valence-electron chi connectivity index (χ0n) is 5.91. The summed E-state index contributed by atoms with van der Waals surface area (Å²) in [5.41, 5.74) is 5.51. The summed E-state index contributed by atoms with van der Waals surface area (Å²) in [4.78, 5) is 0. The van der Waals surface area contributed by atoms with Gasteiger partial charge >= 0.3 is 10.5 Å². The number of hydrogen-bond donors (Lipinski definition) is 1. The number of benzene rings is 1. The summed E-state index contributed by atoms with van der Waals surface area (Å²) >= 11 is 0. The predicted octanol–water partition coefficient (Wildman–Crippen LogP) is 2.14. The van der Waals surface area contributed by atoms with Crippen LogP contribution in [0.3, 0.4) is 0 Å². The zero-order chi connectivity index (χ0) is 9.19. The van der Waals surface area contributed by atoms with Gasteiger partial charge in [-0.1, -0.05) is 13.8 Å². The van der Waals surface area contributed by atoms with Gasteiger partial charge in [0.2, 0.25) is 0 Å². The van der Waals surface area contributed by atoms with Crippen LogP contribution in [0.25, 0.3) is 0 Å². The van der Waals surface area contributed by atoms with E-state index in [1.165, 1.54) is 24.3 Å². The maximum Gasteiger partial charge on any atom is 0.371 e. The van der Waals surface area contributed by atoms with Crippen molar-refractivity contribution in [1.82, 2.24) is 0 Å². The fourth-order valence-electron chi connectivity index (χ4n) is 0.704. The van der Waals surface area contributed by atoms with Crippen molar-refractivity contribution in [3.8, 4) is 0 Å². The van der Waals surface area contributed by atoms with Gasteiger partial charge in [0, 0.05) is 5.69 Å². The molecule has 0 aliphatic rings. The predicted molar refractivity (Wildman–Crippen MR) is 43.3 cm³/mol. The molecule has 0 bridgehead atoms. The van der Waals surface area contributed by atoms with Crippen LogP contribution in [-0.4, -0.2) is 4.21 Å². The molecule has 1 aromatic rings. The highest BCUT2D eigenvalue weighted by Crippen LogP contribution is 2.18. The molecule has 0 unspecified atom stereocenters. The molecule has 0 aliphatic carbocycles. The Labute approximate surface area is 69.0 Å². The molecule has 0 aliphatic heterocycles. The van der Waals surface area contributed by atoms with Gasteiger partial charge in [0.25, 0.3) is 0 Å². The van der Waals surface area contributed by atoms with Crippen LogP contribution in [0, 0.1) is 0 Å². The number of rotatable bonds is 1. The Morgan fingerprint density at radius 1 is 1.42 bits per heavy atom. The smallest absolute Gasteiger partial charge is 0.371 e. The standard InChI is InChI=1S/C6H6F2N2OS/c7-12(8,11)10-6-3-1-2-5(9)4-6/h1-4H,9H2. The summed E-state index contributed by atoms with van der Waals surface area (Å²) in [5, 5.41) is 0. The molecule has 3 nitrogen and oxygen atoms in total. The van der Waals surface area contributed by atoms with E-state index in [0.29, 0.717) is 5.69 Å². The third-order valence-corrected chi connectivity index (χ3v) is 1.51. The lowest BCUT2D eigenvalue weighted by Crippen LogP contribution is -1.82. The highest BCUT2D eigenvalue weighted by Gasteiger charge is 2.01. The number of nitrogens with two attached hydrogens (primary N) is 1. The lowest BCUT2D eigenvalue weighted by atomic mass is 10.3. The largest absolute Gasteiger partial charge is 0.399 e. The second-order valence-electron chi connectivity index (χ2n) is 2.08. The molecule has 0 amide bonds. The first kappa shape index (κ1) is 8.92. The molecule has 0 saturated heterocycles. The average Bonchev–Trinajstić information content (AvgIpc) is 1.82. The summed E-state index contributed by atoms with van der Waals surface area (Å²) in [6, 6.07) is 5.50. The van der Waals surface area contributed by atoms with Gasteiger partial charge in [-0.25, -0.2) is 0 Å². The molecule has 6 heteroatoms. The van der Waals surface area contributed by atoms with Crippen molar-refractivity contribution in [2.45, 2.75) is 0 Å². The quantitative estimate of drug-likeness (QED) is 0.547. The van der Waals surface area contributed by atoms with Gasteiger partial charge in [-0.3, -0.25) is 0 Å². The fraction of sp³-hybridized carbons (Fsp3) is 0. The molecule has 1 aromatic carbocycles. The molecule has 2 N–H and O–H groups in total. The van der Waals surface area contributed by atoms with E-state index in [1.807, 2.05) is 0 Å². The second-order valence-corrected chi connectivity index (χ2v) is 3.06. The van der Waals surface area contributed by atoms with Crippen LogP contribution in [0.5, 0.6) is 0 Å². The topological polar surface area (TPSA) is 55.4 Å². The summed E-state index contributed by atoms with van der Waals surface area (Å²) in [6.45, 7) is 0. The van der Waals surface area contributed by atoms with E-state index in [0.717, 1.165) is 0 Å². The van der Waals surface area contributed by atoms with Crippen LogP contribution in [-0.2, 0) is 10.5 Å². The number of nitrogens with zero attached hydrogens (tertiary/aromatic N) is 1. The van der Waals surface area contributed by atoms with Crippen LogP contribution < -0.4 is 5.73 Å². The first-order valence-corrected chi connectivity index (χ1v) is 4.31. The highest BCUT2D eigenvalue weighted by atomic mass is 32.3. The molecule has 12 heavy (non-hydrogen) atoms. The Morgan fingerprint density at radius 3 is 2.58 bits per heavy atom. The normalized spacial score (nSPS) is 11.2. The maximum absolute atomic E-state index is 11.9. The van der Waals surface area contributed by atoms with E-state index in [1.54, 1.807) is 0 Å². The third-order valence-electron chi connectivity index (χ3n) is 1.08. The van der Waals surface area contributed by atoms with E-state index in [4.69, 9.17) is 5.73 Å². The molecule has 0 heterocycles. The van der Waals surface area contributed by atoms with Crippen LogP contribution in [0.2, 0.25) is 0 Å². The maximum atomic E-state index is 11.9. The third kappa shape index (κ3) is 2.83. The summed E-state index contributed by atoms with van der Waals surface area (Å²) in [7, 11) is -5.07. The van der Waals surface area contributed by atoms with Gasteiger partial charge in [0.1, 0.15) is 0 Å². The molecular formula is C6H6F2N2OS. The molecule has 1 rings (SSSR count). The van der Waals surface area contributed by atoms with Crippen LogP contribution in [0.4, 0.5) is 19.1 Å². The molecule has 0 radical (unpaired) electrons. The Kier molecular flexibility index (Phi) is 2.27. The van der Waals surface area contributed by atoms with E-state index < -0.39 is 10.5 Å². The molecule has 66 valence electrons. The number of nitrogen functional groups attached to an aromatic ring is 1. The van der Waals surface area contributed by atoms with Crippen LogP contribution in [0.1, 0.15) is 0 Å². The van der Waals surface area contributed by atoms with Gasteiger partial charge in [-0.15, -0.1) is 4.36 Å². The summed E-state index contributed by atoms with van der Waals surface area (Å²) < 4.78 is 36.3. The van der Waals surface area contributed by atoms with Crippen molar-refractivity contribution in [3.05, 3.63) is 24.3 Å². The number of anilines is 1. The molecule has 0 spiro atoms. The van der Waals surface area contributed by atoms with Crippen molar-refractivity contribution in [1.29, 1.82) is 0 Å². The monoisotopic (exact) mass is 192 g/mol. The van der Waals surface area contributed by atoms with Crippen molar-refractivity contribution in [2.75, 3.05) is 5.73 Å².